The number of fused-ring (bicyclic) bond motifs is 2. The molecule has 0 atom stereocenters. The maximum atomic E-state index is 13.1. The molecule has 5 nitrogen and oxygen atoms in total. The second-order valence-electron chi connectivity index (χ2n) is 6.70. The number of aromatic amines is 1. The Kier molecular flexibility index (Phi) is 3.76. The molecule has 2 aromatic heterocycles. The lowest BCUT2D eigenvalue weighted by atomic mass is 10.1. The molecule has 0 saturated heterocycles. The van der Waals surface area contributed by atoms with Gasteiger partial charge in [-0.1, -0.05) is 48.0 Å². The van der Waals surface area contributed by atoms with Crippen molar-refractivity contribution in [3.8, 4) is 5.69 Å². The first-order valence-electron chi connectivity index (χ1n) is 8.89. The first-order chi connectivity index (χ1) is 13.2. The fourth-order valence-electron chi connectivity index (χ4n) is 3.71. The quantitative estimate of drug-likeness (QED) is 0.570. The van der Waals surface area contributed by atoms with E-state index in [4.69, 9.17) is 11.6 Å². The van der Waals surface area contributed by atoms with Gasteiger partial charge in [0.25, 0.3) is 5.91 Å². The molecule has 4 aromatic rings. The third kappa shape index (κ3) is 2.62. The number of amides is 1. The number of carbonyl (C=O) groups is 1. The Labute approximate surface area is 161 Å². The van der Waals surface area contributed by atoms with Gasteiger partial charge in [0.2, 0.25) is 0 Å². The molecule has 2 aromatic carbocycles. The van der Waals surface area contributed by atoms with E-state index in [0.717, 1.165) is 34.3 Å². The van der Waals surface area contributed by atoms with Crippen molar-refractivity contribution in [1.29, 1.82) is 0 Å². The lowest BCUT2D eigenvalue weighted by molar-refractivity contribution is 0.0729. The number of hydrogen-bond donors (Lipinski definition) is 1. The van der Waals surface area contributed by atoms with E-state index in [1.54, 1.807) is 0 Å². The Balaban J connectivity index is 1.45. The second kappa shape index (κ2) is 6.28. The van der Waals surface area contributed by atoms with Crippen LogP contribution in [-0.2, 0) is 13.0 Å². The van der Waals surface area contributed by atoms with Crippen molar-refractivity contribution in [2.45, 2.75) is 13.0 Å². The maximum absolute atomic E-state index is 13.1. The van der Waals surface area contributed by atoms with Gasteiger partial charge in [-0.15, -0.1) is 0 Å². The highest BCUT2D eigenvalue weighted by Gasteiger charge is 2.27. The molecule has 134 valence electrons. The zero-order valence-electron chi connectivity index (χ0n) is 14.5. The Hall–Kier alpha value is -3.05. The minimum atomic E-state index is -0.0747. The minimum Gasteiger partial charge on any atom is -0.349 e. The number of nitrogens with zero attached hydrogens (tertiary/aromatic N) is 3. The van der Waals surface area contributed by atoms with Crippen LogP contribution in [0.4, 0.5) is 0 Å². The molecule has 0 unspecified atom stereocenters. The Morgan fingerprint density at radius 3 is 2.67 bits per heavy atom. The zero-order chi connectivity index (χ0) is 18.4. The number of halogens is 1. The van der Waals surface area contributed by atoms with E-state index >= 15 is 0 Å². The minimum absolute atomic E-state index is 0.0747. The smallest absolute Gasteiger partial charge is 0.272 e. The molecule has 0 radical (unpaired) electrons. The first-order valence-corrected chi connectivity index (χ1v) is 9.27. The number of H-pyrrole nitrogens is 1. The van der Waals surface area contributed by atoms with E-state index in [9.17, 15) is 4.79 Å². The van der Waals surface area contributed by atoms with E-state index in [1.807, 2.05) is 70.4 Å². The Morgan fingerprint density at radius 2 is 1.85 bits per heavy atom. The monoisotopic (exact) mass is 376 g/mol. The van der Waals surface area contributed by atoms with Gasteiger partial charge in [0.1, 0.15) is 5.69 Å². The number of aromatic nitrogens is 3. The summed E-state index contributed by atoms with van der Waals surface area (Å²) in [6.07, 6.45) is 2.61. The molecule has 1 aliphatic rings. The summed E-state index contributed by atoms with van der Waals surface area (Å²) in [4.78, 5) is 18.1. The summed E-state index contributed by atoms with van der Waals surface area (Å²) in [7, 11) is 0. The van der Waals surface area contributed by atoms with E-state index in [-0.39, 0.29) is 5.91 Å². The van der Waals surface area contributed by atoms with Gasteiger partial charge in [0.05, 0.1) is 22.6 Å². The van der Waals surface area contributed by atoms with Crippen molar-refractivity contribution in [2.24, 2.45) is 0 Å². The molecule has 0 saturated carbocycles. The zero-order valence-corrected chi connectivity index (χ0v) is 15.3. The van der Waals surface area contributed by atoms with Crippen molar-refractivity contribution < 1.29 is 4.79 Å². The van der Waals surface area contributed by atoms with Crippen LogP contribution in [0.3, 0.4) is 0 Å². The van der Waals surface area contributed by atoms with Crippen LogP contribution in [0.25, 0.3) is 16.6 Å². The van der Waals surface area contributed by atoms with Crippen LogP contribution in [0.2, 0.25) is 5.02 Å². The van der Waals surface area contributed by atoms with Crippen LogP contribution >= 0.6 is 11.6 Å². The predicted molar refractivity (Wildman–Crippen MR) is 105 cm³/mol. The van der Waals surface area contributed by atoms with Gasteiger partial charge in [-0.05, 0) is 18.2 Å². The van der Waals surface area contributed by atoms with Crippen molar-refractivity contribution in [3.63, 3.8) is 0 Å². The summed E-state index contributed by atoms with van der Waals surface area (Å²) < 4.78 is 1.97. The summed E-state index contributed by atoms with van der Waals surface area (Å²) in [5.41, 5.74) is 4.60. The van der Waals surface area contributed by atoms with Crippen LogP contribution in [-0.4, -0.2) is 32.1 Å². The van der Waals surface area contributed by atoms with E-state index in [2.05, 4.69) is 10.1 Å². The molecule has 0 fully saturated rings. The molecule has 1 N–H and O–H groups in total. The SMILES string of the molecule is O=C(c1[nH]c2ccccc2c1Cl)N1CCc2c(cnn2-c2ccccc2)C1. The van der Waals surface area contributed by atoms with Crippen molar-refractivity contribution in [2.75, 3.05) is 6.54 Å². The van der Waals surface area contributed by atoms with Crippen molar-refractivity contribution in [3.05, 3.63) is 82.8 Å². The summed E-state index contributed by atoms with van der Waals surface area (Å²) in [5.74, 6) is -0.0747. The highest BCUT2D eigenvalue weighted by atomic mass is 35.5. The number of rotatable bonds is 2. The van der Waals surface area contributed by atoms with Crippen molar-refractivity contribution in [1.82, 2.24) is 19.7 Å². The number of hydrogen-bond acceptors (Lipinski definition) is 2. The standard InChI is InChI=1S/C21H17ClN4O/c22-19-16-8-4-5-9-17(16)24-20(19)21(27)25-11-10-18-14(13-25)12-23-26(18)15-6-2-1-3-7-15/h1-9,12,24H,10-11,13H2. The highest BCUT2D eigenvalue weighted by molar-refractivity contribution is 6.38. The summed E-state index contributed by atoms with van der Waals surface area (Å²) in [6.45, 7) is 1.17. The fourth-order valence-corrected chi connectivity index (χ4v) is 4.00. The molecule has 5 rings (SSSR count). The molecular formula is C21H17ClN4O. The van der Waals surface area contributed by atoms with Gasteiger partial charge in [0.15, 0.2) is 0 Å². The van der Waals surface area contributed by atoms with Crippen LogP contribution < -0.4 is 0 Å². The molecule has 1 aliphatic heterocycles. The fraction of sp³-hybridized carbons (Fsp3) is 0.143. The third-order valence-corrected chi connectivity index (χ3v) is 5.47. The number of para-hydroxylation sites is 2. The number of carbonyl (C=O) groups excluding carboxylic acids is 1. The molecular weight excluding hydrogens is 360 g/mol. The first kappa shape index (κ1) is 16.1. The Morgan fingerprint density at radius 1 is 1.07 bits per heavy atom. The lowest BCUT2D eigenvalue weighted by Crippen LogP contribution is -2.36. The molecule has 0 aliphatic carbocycles. The molecule has 27 heavy (non-hydrogen) atoms. The van der Waals surface area contributed by atoms with E-state index < -0.39 is 0 Å². The summed E-state index contributed by atoms with van der Waals surface area (Å²) >= 11 is 6.46. The van der Waals surface area contributed by atoms with Gasteiger partial charge in [-0.25, -0.2) is 4.68 Å². The number of nitrogens with one attached hydrogen (secondary N) is 1. The number of benzene rings is 2. The van der Waals surface area contributed by atoms with Crippen LogP contribution in [0.5, 0.6) is 0 Å². The molecule has 0 bridgehead atoms. The second-order valence-corrected chi connectivity index (χ2v) is 7.08. The predicted octanol–water partition coefficient (Wildman–Crippen LogP) is 4.21. The lowest BCUT2D eigenvalue weighted by Gasteiger charge is -2.27. The molecule has 3 heterocycles. The van der Waals surface area contributed by atoms with Crippen LogP contribution in [0, 0.1) is 0 Å². The maximum Gasteiger partial charge on any atom is 0.272 e. The average molecular weight is 377 g/mol. The molecule has 1 amide bonds. The van der Waals surface area contributed by atoms with Gasteiger partial charge in [-0.3, -0.25) is 4.79 Å². The van der Waals surface area contributed by atoms with E-state index in [1.165, 1.54) is 0 Å². The molecule has 0 spiro atoms. The highest BCUT2D eigenvalue weighted by Crippen LogP contribution is 2.30. The summed E-state index contributed by atoms with van der Waals surface area (Å²) in [6, 6.07) is 17.8. The van der Waals surface area contributed by atoms with Crippen molar-refractivity contribution >= 4 is 28.4 Å². The largest absolute Gasteiger partial charge is 0.349 e. The van der Waals surface area contributed by atoms with Crippen LogP contribution in [0.15, 0.2) is 60.8 Å². The topological polar surface area (TPSA) is 53.9 Å². The molecule has 6 heteroatoms. The summed E-state index contributed by atoms with van der Waals surface area (Å²) in [5, 5.41) is 5.89. The van der Waals surface area contributed by atoms with Gasteiger partial charge >= 0.3 is 0 Å². The van der Waals surface area contributed by atoms with Gasteiger partial charge < -0.3 is 9.88 Å². The normalized spacial score (nSPS) is 13.7. The Bertz CT molecular complexity index is 1150. The third-order valence-electron chi connectivity index (χ3n) is 5.08. The average Bonchev–Trinajstić information content (AvgIpc) is 3.29. The van der Waals surface area contributed by atoms with Gasteiger partial charge in [-0.2, -0.15) is 5.10 Å². The van der Waals surface area contributed by atoms with Gasteiger partial charge in [0, 0.05) is 36.0 Å². The van der Waals surface area contributed by atoms with Crippen LogP contribution in [0.1, 0.15) is 21.7 Å². The van der Waals surface area contributed by atoms with E-state index in [0.29, 0.717) is 23.8 Å².